The molecular formula is C22H17N3O4. The van der Waals surface area contributed by atoms with E-state index in [-0.39, 0.29) is 18.2 Å². The molecule has 144 valence electrons. The Morgan fingerprint density at radius 3 is 2.66 bits per heavy atom. The maximum absolute atomic E-state index is 12.5. The predicted octanol–water partition coefficient (Wildman–Crippen LogP) is 4.61. The van der Waals surface area contributed by atoms with Crippen molar-refractivity contribution < 1.29 is 14.5 Å². The molecular weight excluding hydrogens is 370 g/mol. The summed E-state index contributed by atoms with van der Waals surface area (Å²) in [4.78, 5) is 22.9. The van der Waals surface area contributed by atoms with E-state index in [0.717, 1.165) is 5.56 Å². The smallest absolute Gasteiger partial charge is 0.272 e. The number of anilines is 1. The zero-order valence-corrected chi connectivity index (χ0v) is 15.6. The molecule has 7 nitrogen and oxygen atoms in total. The van der Waals surface area contributed by atoms with Crippen LogP contribution in [0, 0.1) is 28.4 Å². The van der Waals surface area contributed by atoms with Gasteiger partial charge in [0.1, 0.15) is 12.4 Å². The van der Waals surface area contributed by atoms with Crippen LogP contribution in [0.25, 0.3) is 0 Å². The summed E-state index contributed by atoms with van der Waals surface area (Å²) in [6.07, 6.45) is 0. The van der Waals surface area contributed by atoms with Crippen molar-refractivity contribution in [3.63, 3.8) is 0 Å². The van der Waals surface area contributed by atoms with Gasteiger partial charge in [-0.05, 0) is 48.9 Å². The minimum atomic E-state index is -0.482. The molecule has 0 aliphatic rings. The van der Waals surface area contributed by atoms with Gasteiger partial charge in [0.15, 0.2) is 0 Å². The number of hydrogen-bond acceptors (Lipinski definition) is 5. The van der Waals surface area contributed by atoms with Gasteiger partial charge in [0.2, 0.25) is 0 Å². The summed E-state index contributed by atoms with van der Waals surface area (Å²) in [5.74, 6) is 0.187. The summed E-state index contributed by atoms with van der Waals surface area (Å²) in [5, 5.41) is 22.6. The Labute approximate surface area is 167 Å². The molecule has 0 heterocycles. The average Bonchev–Trinajstić information content (AvgIpc) is 2.72. The van der Waals surface area contributed by atoms with E-state index in [1.807, 2.05) is 6.07 Å². The molecule has 1 N–H and O–H groups in total. The number of rotatable bonds is 6. The van der Waals surface area contributed by atoms with Crippen molar-refractivity contribution >= 4 is 17.3 Å². The molecule has 0 saturated carbocycles. The Balaban J connectivity index is 1.68. The first-order valence-electron chi connectivity index (χ1n) is 8.74. The van der Waals surface area contributed by atoms with Crippen LogP contribution < -0.4 is 10.1 Å². The average molecular weight is 387 g/mol. The fraction of sp³-hybridized carbons (Fsp3) is 0.0909. The molecule has 7 heteroatoms. The van der Waals surface area contributed by atoms with Gasteiger partial charge in [-0.15, -0.1) is 0 Å². The fourth-order valence-corrected chi connectivity index (χ4v) is 2.77. The van der Waals surface area contributed by atoms with Gasteiger partial charge in [0.25, 0.3) is 11.6 Å². The highest BCUT2D eigenvalue weighted by molar-refractivity contribution is 6.04. The lowest BCUT2D eigenvalue weighted by molar-refractivity contribution is -0.385. The highest BCUT2D eigenvalue weighted by Crippen LogP contribution is 2.22. The first-order chi connectivity index (χ1) is 14.0. The van der Waals surface area contributed by atoms with E-state index in [4.69, 9.17) is 10.00 Å². The number of nitriles is 1. The lowest BCUT2D eigenvalue weighted by atomic mass is 10.1. The van der Waals surface area contributed by atoms with Gasteiger partial charge in [0, 0.05) is 28.9 Å². The van der Waals surface area contributed by atoms with Gasteiger partial charge < -0.3 is 10.1 Å². The molecule has 3 aromatic rings. The van der Waals surface area contributed by atoms with Crippen molar-refractivity contribution in [1.29, 1.82) is 5.26 Å². The quantitative estimate of drug-likeness (QED) is 0.491. The van der Waals surface area contributed by atoms with Crippen LogP contribution in [0.1, 0.15) is 27.0 Å². The minimum absolute atomic E-state index is 0.0302. The Hall–Kier alpha value is -4.18. The van der Waals surface area contributed by atoms with E-state index in [9.17, 15) is 14.9 Å². The number of carbonyl (C=O) groups excluding carboxylic acids is 1. The number of nitrogens with zero attached hydrogens (tertiary/aromatic N) is 2. The van der Waals surface area contributed by atoms with Crippen LogP contribution in [0.3, 0.4) is 0 Å². The number of benzene rings is 3. The maximum Gasteiger partial charge on any atom is 0.272 e. The molecule has 29 heavy (non-hydrogen) atoms. The minimum Gasteiger partial charge on any atom is -0.489 e. The summed E-state index contributed by atoms with van der Waals surface area (Å²) in [5.41, 5.74) is 2.67. The van der Waals surface area contributed by atoms with Gasteiger partial charge >= 0.3 is 0 Å². The van der Waals surface area contributed by atoms with Gasteiger partial charge in [-0.25, -0.2) is 0 Å². The summed E-state index contributed by atoms with van der Waals surface area (Å²) in [6, 6.07) is 20.4. The molecule has 3 aromatic carbocycles. The predicted molar refractivity (Wildman–Crippen MR) is 108 cm³/mol. The van der Waals surface area contributed by atoms with Gasteiger partial charge in [-0.1, -0.05) is 18.2 Å². The lowest BCUT2D eigenvalue weighted by Gasteiger charge is -2.10. The summed E-state index contributed by atoms with van der Waals surface area (Å²) in [6.45, 7) is 1.87. The lowest BCUT2D eigenvalue weighted by Crippen LogP contribution is -2.12. The molecule has 0 radical (unpaired) electrons. The second kappa shape index (κ2) is 8.67. The van der Waals surface area contributed by atoms with Crippen molar-refractivity contribution in [3.05, 3.63) is 99.1 Å². The molecule has 0 aromatic heterocycles. The van der Waals surface area contributed by atoms with Crippen molar-refractivity contribution in [2.45, 2.75) is 13.5 Å². The van der Waals surface area contributed by atoms with E-state index in [0.29, 0.717) is 28.1 Å². The third kappa shape index (κ3) is 4.96. The second-order valence-electron chi connectivity index (χ2n) is 6.34. The van der Waals surface area contributed by atoms with Crippen LogP contribution in [-0.2, 0) is 6.61 Å². The van der Waals surface area contributed by atoms with E-state index < -0.39 is 4.92 Å². The molecule has 0 aliphatic carbocycles. The number of carbonyl (C=O) groups is 1. The number of nitro groups is 1. The molecule has 1 amide bonds. The highest BCUT2D eigenvalue weighted by atomic mass is 16.6. The van der Waals surface area contributed by atoms with Crippen LogP contribution in [0.4, 0.5) is 11.4 Å². The van der Waals surface area contributed by atoms with E-state index in [1.54, 1.807) is 49.4 Å². The third-order valence-electron chi connectivity index (χ3n) is 4.21. The van der Waals surface area contributed by atoms with Crippen molar-refractivity contribution in [1.82, 2.24) is 0 Å². The highest BCUT2D eigenvalue weighted by Gasteiger charge is 2.14. The zero-order chi connectivity index (χ0) is 20.8. The molecule has 0 spiro atoms. The second-order valence-corrected chi connectivity index (χ2v) is 6.34. The fourth-order valence-electron chi connectivity index (χ4n) is 2.77. The van der Waals surface area contributed by atoms with Crippen LogP contribution in [-0.4, -0.2) is 10.8 Å². The summed E-state index contributed by atoms with van der Waals surface area (Å²) < 4.78 is 5.75. The maximum atomic E-state index is 12.5. The van der Waals surface area contributed by atoms with Crippen LogP contribution >= 0.6 is 0 Å². The van der Waals surface area contributed by atoms with Crippen LogP contribution in [0.5, 0.6) is 5.75 Å². The Kier molecular flexibility index (Phi) is 5.85. The summed E-state index contributed by atoms with van der Waals surface area (Å²) in [7, 11) is 0. The molecule has 0 atom stereocenters. The number of nitrogens with one attached hydrogen (secondary N) is 1. The Morgan fingerprint density at radius 1 is 1.14 bits per heavy atom. The topological polar surface area (TPSA) is 105 Å². The van der Waals surface area contributed by atoms with Gasteiger partial charge in [0.05, 0.1) is 16.6 Å². The first-order valence-corrected chi connectivity index (χ1v) is 8.74. The molecule has 0 fully saturated rings. The van der Waals surface area contributed by atoms with Gasteiger partial charge in [-0.2, -0.15) is 5.26 Å². The van der Waals surface area contributed by atoms with Gasteiger partial charge in [-0.3, -0.25) is 14.9 Å². The first kappa shape index (κ1) is 19.6. The number of hydrogen-bond donors (Lipinski definition) is 1. The van der Waals surface area contributed by atoms with E-state index in [1.165, 1.54) is 18.2 Å². The molecule has 0 bridgehead atoms. The Morgan fingerprint density at radius 2 is 1.93 bits per heavy atom. The van der Waals surface area contributed by atoms with Crippen LogP contribution in [0.15, 0.2) is 66.7 Å². The Bertz CT molecular complexity index is 1120. The third-order valence-corrected chi connectivity index (χ3v) is 4.21. The van der Waals surface area contributed by atoms with Crippen LogP contribution in [0.2, 0.25) is 0 Å². The molecule has 0 unspecified atom stereocenters. The monoisotopic (exact) mass is 387 g/mol. The normalized spacial score (nSPS) is 10.1. The molecule has 3 rings (SSSR count). The summed E-state index contributed by atoms with van der Waals surface area (Å²) >= 11 is 0. The van der Waals surface area contributed by atoms with Crippen molar-refractivity contribution in [2.24, 2.45) is 0 Å². The van der Waals surface area contributed by atoms with E-state index in [2.05, 4.69) is 11.4 Å². The number of amides is 1. The van der Waals surface area contributed by atoms with E-state index >= 15 is 0 Å². The number of ether oxygens (including phenoxy) is 1. The largest absolute Gasteiger partial charge is 0.489 e. The SMILES string of the molecule is Cc1cc(C(=O)Nc2cccc(OCc3cccc(C#N)c3)c2)ccc1[N+](=O)[O-]. The number of aryl methyl sites for hydroxylation is 1. The number of nitro benzene ring substituents is 1. The van der Waals surface area contributed by atoms with Crippen molar-refractivity contribution in [3.8, 4) is 11.8 Å². The zero-order valence-electron chi connectivity index (χ0n) is 15.6. The standard InChI is InChI=1S/C22H17N3O4/c1-15-10-18(8-9-21(15)25(27)28)22(26)24-19-6-3-7-20(12-19)29-14-17-5-2-4-16(11-17)13-23/h2-12H,14H2,1H3,(H,24,26). The van der Waals surface area contributed by atoms with Crippen molar-refractivity contribution in [2.75, 3.05) is 5.32 Å². The molecule has 0 aliphatic heterocycles. The molecule has 0 saturated heterocycles.